The highest BCUT2D eigenvalue weighted by molar-refractivity contribution is 4.98. The van der Waals surface area contributed by atoms with Gasteiger partial charge in [-0.1, -0.05) is 0 Å². The molecule has 0 aromatic carbocycles. The highest BCUT2D eigenvalue weighted by Gasteiger charge is 2.20. The molecule has 1 aromatic heterocycles. The van der Waals surface area contributed by atoms with Gasteiger partial charge in [0.1, 0.15) is 5.82 Å². The Morgan fingerprint density at radius 3 is 2.86 bits per heavy atom. The number of hydrogen-bond donors (Lipinski definition) is 1. The second-order valence-electron chi connectivity index (χ2n) is 4.03. The van der Waals surface area contributed by atoms with E-state index in [2.05, 4.69) is 4.98 Å². The zero-order chi connectivity index (χ0) is 10.6. The predicted molar refractivity (Wildman–Crippen MR) is 56.0 cm³/mol. The number of nitrogens with zero attached hydrogens (tertiary/aromatic N) is 2. The first-order valence-electron chi connectivity index (χ1n) is 4.79. The normalized spacial score (nSPS) is 15.4. The number of nitrogens with two attached hydrogens (primary N) is 1. The predicted octanol–water partition coefficient (Wildman–Crippen LogP) is 0.716. The summed E-state index contributed by atoms with van der Waals surface area (Å²) in [4.78, 5) is 4.25. The van der Waals surface area contributed by atoms with Crippen molar-refractivity contribution < 1.29 is 4.74 Å². The van der Waals surface area contributed by atoms with E-state index in [0.29, 0.717) is 6.61 Å². The minimum Gasteiger partial charge on any atom is -0.385 e. The molecule has 1 atom stereocenters. The molecule has 14 heavy (non-hydrogen) atoms. The lowest BCUT2D eigenvalue weighted by Gasteiger charge is -2.23. The Kier molecular flexibility index (Phi) is 3.66. The molecule has 0 spiro atoms. The van der Waals surface area contributed by atoms with Gasteiger partial charge in [0.25, 0.3) is 0 Å². The topological polar surface area (TPSA) is 53.1 Å². The lowest BCUT2D eigenvalue weighted by Crippen LogP contribution is -2.40. The highest BCUT2D eigenvalue weighted by atomic mass is 16.5. The second kappa shape index (κ2) is 4.57. The molecule has 1 heterocycles. The molecule has 0 aliphatic heterocycles. The van der Waals surface area contributed by atoms with Crippen molar-refractivity contribution >= 4 is 0 Å². The van der Waals surface area contributed by atoms with Crippen LogP contribution in [0, 0.1) is 0 Å². The fourth-order valence-corrected chi connectivity index (χ4v) is 1.35. The smallest absolute Gasteiger partial charge is 0.110 e. The fraction of sp³-hybridized carbons (Fsp3) is 0.700. The van der Waals surface area contributed by atoms with Gasteiger partial charge in [-0.15, -0.1) is 0 Å². The van der Waals surface area contributed by atoms with Crippen LogP contribution in [0.1, 0.15) is 19.2 Å². The summed E-state index contributed by atoms with van der Waals surface area (Å²) in [7, 11) is 3.67. The van der Waals surface area contributed by atoms with Gasteiger partial charge in [0, 0.05) is 45.1 Å². The minimum absolute atomic E-state index is 0.241. The van der Waals surface area contributed by atoms with Gasteiger partial charge in [0.05, 0.1) is 0 Å². The van der Waals surface area contributed by atoms with Crippen molar-refractivity contribution in [2.24, 2.45) is 12.8 Å². The van der Waals surface area contributed by atoms with E-state index >= 15 is 0 Å². The molecule has 1 unspecified atom stereocenters. The summed E-state index contributed by atoms with van der Waals surface area (Å²) >= 11 is 0. The van der Waals surface area contributed by atoms with Crippen molar-refractivity contribution in [1.82, 2.24) is 9.55 Å². The van der Waals surface area contributed by atoms with E-state index in [4.69, 9.17) is 10.5 Å². The molecular weight excluding hydrogens is 178 g/mol. The summed E-state index contributed by atoms with van der Waals surface area (Å²) in [5, 5.41) is 0. The third-order valence-corrected chi connectivity index (χ3v) is 2.36. The average molecular weight is 197 g/mol. The maximum absolute atomic E-state index is 6.13. The van der Waals surface area contributed by atoms with Gasteiger partial charge in [0.2, 0.25) is 0 Å². The van der Waals surface area contributed by atoms with Crippen LogP contribution in [0.5, 0.6) is 0 Å². The number of aryl methyl sites for hydroxylation is 1. The van der Waals surface area contributed by atoms with E-state index in [0.717, 1.165) is 18.7 Å². The standard InChI is InChI=1S/C10H19N3O/c1-10(11,4-7-14-3)8-9-12-5-6-13(9)2/h5-6H,4,7-8,11H2,1-3H3. The van der Waals surface area contributed by atoms with Crippen molar-refractivity contribution in [3.63, 3.8) is 0 Å². The molecule has 0 radical (unpaired) electrons. The van der Waals surface area contributed by atoms with Gasteiger partial charge in [-0.3, -0.25) is 0 Å². The lowest BCUT2D eigenvalue weighted by atomic mass is 9.95. The summed E-state index contributed by atoms with van der Waals surface area (Å²) in [6, 6.07) is 0. The Bertz CT molecular complexity index is 281. The minimum atomic E-state index is -0.241. The largest absolute Gasteiger partial charge is 0.385 e. The summed E-state index contributed by atoms with van der Waals surface area (Å²) < 4.78 is 7.02. The van der Waals surface area contributed by atoms with Crippen molar-refractivity contribution in [1.29, 1.82) is 0 Å². The molecule has 0 aliphatic carbocycles. The van der Waals surface area contributed by atoms with E-state index in [1.165, 1.54) is 0 Å². The van der Waals surface area contributed by atoms with Crippen LogP contribution >= 0.6 is 0 Å². The Morgan fingerprint density at radius 1 is 1.64 bits per heavy atom. The molecule has 1 aromatic rings. The zero-order valence-corrected chi connectivity index (χ0v) is 9.16. The van der Waals surface area contributed by atoms with Gasteiger partial charge in [-0.05, 0) is 13.3 Å². The van der Waals surface area contributed by atoms with Crippen LogP contribution in [0.15, 0.2) is 12.4 Å². The molecule has 1 rings (SSSR count). The Labute approximate surface area is 85.1 Å². The first-order valence-corrected chi connectivity index (χ1v) is 4.79. The molecule has 0 fully saturated rings. The third kappa shape index (κ3) is 3.12. The van der Waals surface area contributed by atoms with E-state index in [-0.39, 0.29) is 5.54 Å². The molecule has 0 amide bonds. The summed E-state index contributed by atoms with van der Waals surface area (Å²) in [6.07, 6.45) is 5.35. The first-order chi connectivity index (χ1) is 6.55. The van der Waals surface area contributed by atoms with E-state index in [1.54, 1.807) is 13.3 Å². The number of rotatable bonds is 5. The quantitative estimate of drug-likeness (QED) is 0.756. The summed E-state index contributed by atoms with van der Waals surface area (Å²) in [6.45, 7) is 2.72. The van der Waals surface area contributed by atoms with Crippen LogP contribution in [-0.4, -0.2) is 28.8 Å². The lowest BCUT2D eigenvalue weighted by molar-refractivity contribution is 0.171. The van der Waals surface area contributed by atoms with E-state index in [9.17, 15) is 0 Å². The number of methoxy groups -OCH3 is 1. The number of ether oxygens (including phenoxy) is 1. The van der Waals surface area contributed by atoms with Gasteiger partial charge in [0.15, 0.2) is 0 Å². The fourth-order valence-electron chi connectivity index (χ4n) is 1.35. The second-order valence-corrected chi connectivity index (χ2v) is 4.03. The van der Waals surface area contributed by atoms with Crippen LogP contribution in [-0.2, 0) is 18.2 Å². The molecular formula is C10H19N3O. The van der Waals surface area contributed by atoms with Gasteiger partial charge < -0.3 is 15.0 Å². The monoisotopic (exact) mass is 197 g/mol. The molecule has 0 aliphatic rings. The molecule has 4 nitrogen and oxygen atoms in total. The van der Waals surface area contributed by atoms with E-state index < -0.39 is 0 Å². The van der Waals surface area contributed by atoms with Gasteiger partial charge in [-0.25, -0.2) is 4.98 Å². The van der Waals surface area contributed by atoms with Crippen LogP contribution in [0.2, 0.25) is 0 Å². The van der Waals surface area contributed by atoms with Crippen LogP contribution in [0.4, 0.5) is 0 Å². The first kappa shape index (κ1) is 11.2. The van der Waals surface area contributed by atoms with Crippen molar-refractivity contribution in [2.75, 3.05) is 13.7 Å². The average Bonchev–Trinajstić information content (AvgIpc) is 2.48. The molecule has 80 valence electrons. The van der Waals surface area contributed by atoms with Crippen molar-refractivity contribution in [3.05, 3.63) is 18.2 Å². The Hall–Kier alpha value is -0.870. The maximum Gasteiger partial charge on any atom is 0.110 e. The number of aromatic nitrogens is 2. The molecule has 0 saturated carbocycles. The van der Waals surface area contributed by atoms with Crippen molar-refractivity contribution in [3.8, 4) is 0 Å². The van der Waals surface area contributed by atoms with Gasteiger partial charge in [-0.2, -0.15) is 0 Å². The summed E-state index contributed by atoms with van der Waals surface area (Å²) in [5.74, 6) is 1.02. The SMILES string of the molecule is COCCC(C)(N)Cc1nccn1C. The maximum atomic E-state index is 6.13. The van der Waals surface area contributed by atoms with E-state index in [1.807, 2.05) is 24.7 Å². The Balaban J connectivity index is 2.54. The molecule has 4 heteroatoms. The van der Waals surface area contributed by atoms with Crippen LogP contribution in [0.3, 0.4) is 0 Å². The van der Waals surface area contributed by atoms with Crippen LogP contribution < -0.4 is 5.73 Å². The van der Waals surface area contributed by atoms with Gasteiger partial charge >= 0.3 is 0 Å². The van der Waals surface area contributed by atoms with Crippen LogP contribution in [0.25, 0.3) is 0 Å². The highest BCUT2D eigenvalue weighted by Crippen LogP contribution is 2.12. The molecule has 0 saturated heterocycles. The molecule has 0 bridgehead atoms. The third-order valence-electron chi connectivity index (χ3n) is 2.36. The zero-order valence-electron chi connectivity index (χ0n) is 9.16. The van der Waals surface area contributed by atoms with Crippen molar-refractivity contribution in [2.45, 2.75) is 25.3 Å². The Morgan fingerprint density at radius 2 is 2.36 bits per heavy atom. The molecule has 2 N–H and O–H groups in total. The number of hydrogen-bond acceptors (Lipinski definition) is 3. The number of imidazole rings is 1. The summed E-state index contributed by atoms with van der Waals surface area (Å²) in [5.41, 5.74) is 5.89.